The topological polar surface area (TPSA) is 48.5 Å². The summed E-state index contributed by atoms with van der Waals surface area (Å²) in [6.07, 6.45) is 3.65. The number of halogens is 1. The van der Waals surface area contributed by atoms with Crippen LogP contribution < -0.4 is 5.32 Å². The molecule has 0 spiro atoms. The van der Waals surface area contributed by atoms with E-state index in [1.165, 1.54) is 0 Å². The quantitative estimate of drug-likeness (QED) is 0.777. The lowest BCUT2D eigenvalue weighted by Crippen LogP contribution is -2.30. The van der Waals surface area contributed by atoms with Gasteiger partial charge in [0, 0.05) is 30.8 Å². The number of hydrogen-bond acceptors (Lipinski definition) is 4. The maximum Gasteiger partial charge on any atom is 0.257 e. The van der Waals surface area contributed by atoms with Crippen LogP contribution in [-0.4, -0.2) is 61.5 Å². The molecule has 0 aliphatic heterocycles. The summed E-state index contributed by atoms with van der Waals surface area (Å²) in [6, 6.07) is 1.83. The summed E-state index contributed by atoms with van der Waals surface area (Å²) in [5, 5.41) is 3.21. The lowest BCUT2D eigenvalue weighted by molar-refractivity contribution is 0.0791. The molecule has 21 heavy (non-hydrogen) atoms. The first-order chi connectivity index (χ1) is 9.95. The molecule has 5 nitrogen and oxygen atoms in total. The van der Waals surface area contributed by atoms with Gasteiger partial charge in [0.2, 0.25) is 0 Å². The summed E-state index contributed by atoms with van der Waals surface area (Å²) >= 11 is 3.39. The van der Waals surface area contributed by atoms with Crippen LogP contribution in [0, 0.1) is 0 Å². The van der Waals surface area contributed by atoms with Gasteiger partial charge in [0.1, 0.15) is 5.82 Å². The lowest BCUT2D eigenvalue weighted by Gasteiger charge is -2.20. The van der Waals surface area contributed by atoms with Crippen LogP contribution in [0.1, 0.15) is 30.1 Å². The van der Waals surface area contributed by atoms with Gasteiger partial charge in [-0.1, -0.05) is 6.92 Å². The second-order valence-corrected chi connectivity index (χ2v) is 6.28. The Morgan fingerprint density at radius 2 is 2.05 bits per heavy atom. The molecule has 0 aromatic carbocycles. The minimum Gasteiger partial charge on any atom is -0.369 e. The van der Waals surface area contributed by atoms with Crippen molar-refractivity contribution in [3.8, 4) is 0 Å². The van der Waals surface area contributed by atoms with Crippen LogP contribution in [0.25, 0.3) is 0 Å². The smallest absolute Gasteiger partial charge is 0.257 e. The Morgan fingerprint density at radius 1 is 1.33 bits per heavy atom. The Labute approximate surface area is 135 Å². The first-order valence-corrected chi connectivity index (χ1v) is 8.04. The van der Waals surface area contributed by atoms with E-state index < -0.39 is 0 Å². The van der Waals surface area contributed by atoms with Crippen LogP contribution in [0.4, 0.5) is 5.82 Å². The molecule has 0 saturated carbocycles. The minimum atomic E-state index is 0.00107. The Kier molecular flexibility index (Phi) is 7.67. The number of anilines is 1. The predicted molar refractivity (Wildman–Crippen MR) is 90.8 cm³/mol. The largest absolute Gasteiger partial charge is 0.369 e. The van der Waals surface area contributed by atoms with E-state index in [-0.39, 0.29) is 5.91 Å². The number of amides is 1. The lowest BCUT2D eigenvalue weighted by atomic mass is 10.2. The molecule has 1 heterocycles. The SMILES string of the molecule is CCCNc1ncc(Br)cc1C(=O)N(C)CCCN(C)C. The monoisotopic (exact) mass is 356 g/mol. The first-order valence-electron chi connectivity index (χ1n) is 7.25. The second-order valence-electron chi connectivity index (χ2n) is 5.36. The first kappa shape index (κ1) is 17.9. The van der Waals surface area contributed by atoms with Crippen LogP contribution >= 0.6 is 15.9 Å². The summed E-state index contributed by atoms with van der Waals surface area (Å²) in [7, 11) is 5.90. The highest BCUT2D eigenvalue weighted by Crippen LogP contribution is 2.19. The molecule has 0 radical (unpaired) electrons. The molecule has 0 unspecified atom stereocenters. The van der Waals surface area contributed by atoms with Gasteiger partial charge in [-0.25, -0.2) is 4.98 Å². The van der Waals surface area contributed by atoms with E-state index in [9.17, 15) is 4.79 Å². The molecule has 0 fully saturated rings. The molecule has 1 N–H and O–H groups in total. The van der Waals surface area contributed by atoms with Gasteiger partial charge in [-0.15, -0.1) is 0 Å². The van der Waals surface area contributed by atoms with Crippen molar-refractivity contribution in [2.75, 3.05) is 46.1 Å². The molecular formula is C15H25BrN4O. The molecule has 1 aromatic heterocycles. The number of pyridine rings is 1. The predicted octanol–water partition coefficient (Wildman–Crippen LogP) is 2.69. The van der Waals surface area contributed by atoms with Gasteiger partial charge >= 0.3 is 0 Å². The van der Waals surface area contributed by atoms with Crippen LogP contribution in [0.2, 0.25) is 0 Å². The van der Waals surface area contributed by atoms with Gasteiger partial charge in [0.15, 0.2) is 0 Å². The van der Waals surface area contributed by atoms with Crippen molar-refractivity contribution in [2.45, 2.75) is 19.8 Å². The van der Waals surface area contributed by atoms with Crippen molar-refractivity contribution in [1.82, 2.24) is 14.8 Å². The number of carbonyl (C=O) groups is 1. The average Bonchev–Trinajstić information content (AvgIpc) is 2.44. The normalized spacial score (nSPS) is 10.8. The maximum absolute atomic E-state index is 12.6. The Bertz CT molecular complexity index is 465. The van der Waals surface area contributed by atoms with Crippen molar-refractivity contribution in [1.29, 1.82) is 0 Å². The molecule has 0 saturated heterocycles. The molecule has 118 valence electrons. The van der Waals surface area contributed by atoms with Crippen LogP contribution in [-0.2, 0) is 0 Å². The summed E-state index contributed by atoms with van der Waals surface area (Å²) < 4.78 is 0.814. The molecule has 1 amide bonds. The summed E-state index contributed by atoms with van der Waals surface area (Å²) in [6.45, 7) is 4.59. The number of aromatic nitrogens is 1. The molecule has 0 atom stereocenters. The zero-order valence-electron chi connectivity index (χ0n) is 13.3. The molecule has 6 heteroatoms. The van der Waals surface area contributed by atoms with Gasteiger partial charge < -0.3 is 15.1 Å². The zero-order chi connectivity index (χ0) is 15.8. The Hall–Kier alpha value is -1.14. The van der Waals surface area contributed by atoms with E-state index in [1.807, 2.05) is 27.2 Å². The highest BCUT2D eigenvalue weighted by molar-refractivity contribution is 9.10. The van der Waals surface area contributed by atoms with E-state index in [4.69, 9.17) is 0 Å². The molecule has 0 aliphatic carbocycles. The van der Waals surface area contributed by atoms with Gasteiger partial charge in [0.05, 0.1) is 5.56 Å². The van der Waals surface area contributed by atoms with Gasteiger partial charge in [0.25, 0.3) is 5.91 Å². The van der Waals surface area contributed by atoms with Crippen LogP contribution in [0.5, 0.6) is 0 Å². The third kappa shape index (κ3) is 6.01. The van der Waals surface area contributed by atoms with Gasteiger partial charge in [-0.05, 0) is 55.5 Å². The summed E-state index contributed by atoms with van der Waals surface area (Å²) in [5.41, 5.74) is 0.616. The fourth-order valence-electron chi connectivity index (χ4n) is 1.92. The molecule has 1 rings (SSSR count). The van der Waals surface area contributed by atoms with Gasteiger partial charge in [-0.3, -0.25) is 4.79 Å². The Morgan fingerprint density at radius 3 is 2.67 bits per heavy atom. The third-order valence-electron chi connectivity index (χ3n) is 3.07. The zero-order valence-corrected chi connectivity index (χ0v) is 14.9. The minimum absolute atomic E-state index is 0.00107. The van der Waals surface area contributed by atoms with Crippen LogP contribution in [0.3, 0.4) is 0 Å². The Balaban J connectivity index is 2.77. The van der Waals surface area contributed by atoms with E-state index in [1.54, 1.807) is 11.1 Å². The van der Waals surface area contributed by atoms with Crippen molar-refractivity contribution >= 4 is 27.7 Å². The fraction of sp³-hybridized carbons (Fsp3) is 0.600. The molecule has 0 bridgehead atoms. The average molecular weight is 357 g/mol. The van der Waals surface area contributed by atoms with Crippen LogP contribution in [0.15, 0.2) is 16.7 Å². The summed E-state index contributed by atoms with van der Waals surface area (Å²) in [5.74, 6) is 0.658. The molecule has 0 aliphatic rings. The van der Waals surface area contributed by atoms with Crippen molar-refractivity contribution < 1.29 is 4.79 Å². The van der Waals surface area contributed by atoms with E-state index in [2.05, 4.69) is 38.1 Å². The molecule has 1 aromatic rings. The fourth-order valence-corrected chi connectivity index (χ4v) is 2.25. The summed E-state index contributed by atoms with van der Waals surface area (Å²) in [4.78, 5) is 20.8. The maximum atomic E-state index is 12.6. The number of hydrogen-bond donors (Lipinski definition) is 1. The number of nitrogens with zero attached hydrogens (tertiary/aromatic N) is 3. The van der Waals surface area contributed by atoms with Crippen molar-refractivity contribution in [3.05, 3.63) is 22.3 Å². The van der Waals surface area contributed by atoms with Crippen molar-refractivity contribution in [2.24, 2.45) is 0 Å². The third-order valence-corrected chi connectivity index (χ3v) is 3.51. The standard InChI is InChI=1S/C15H25BrN4O/c1-5-7-17-14-13(10-12(16)11-18-14)15(21)20(4)9-6-8-19(2)3/h10-11H,5-9H2,1-4H3,(H,17,18). The highest BCUT2D eigenvalue weighted by Gasteiger charge is 2.17. The highest BCUT2D eigenvalue weighted by atomic mass is 79.9. The van der Waals surface area contributed by atoms with Gasteiger partial charge in [-0.2, -0.15) is 0 Å². The molecular weight excluding hydrogens is 332 g/mol. The van der Waals surface area contributed by atoms with E-state index >= 15 is 0 Å². The number of rotatable bonds is 8. The van der Waals surface area contributed by atoms with Crippen molar-refractivity contribution in [3.63, 3.8) is 0 Å². The van der Waals surface area contributed by atoms with E-state index in [0.29, 0.717) is 11.4 Å². The second kappa shape index (κ2) is 9.00. The van der Waals surface area contributed by atoms with E-state index in [0.717, 1.165) is 36.9 Å². The number of nitrogens with one attached hydrogen (secondary N) is 1. The number of carbonyl (C=O) groups excluding carboxylic acids is 1.